The molecule has 0 atom stereocenters. The number of thiol groups is 1. The molecule has 0 heterocycles. The molecule has 0 rings (SSSR count). The van der Waals surface area contributed by atoms with Crippen molar-refractivity contribution in [3.8, 4) is 0 Å². The lowest BCUT2D eigenvalue weighted by Crippen LogP contribution is -2.00. The van der Waals surface area contributed by atoms with Crippen LogP contribution in [0.2, 0.25) is 0 Å². The molecule has 0 aromatic heterocycles. The van der Waals surface area contributed by atoms with Gasteiger partial charge in [0.2, 0.25) is 0 Å². The van der Waals surface area contributed by atoms with Crippen LogP contribution in [0.25, 0.3) is 0 Å². The van der Waals surface area contributed by atoms with Gasteiger partial charge < -0.3 is 5.73 Å². The Kier molecular flexibility index (Phi) is 6.76. The number of unbranched alkanes of at least 4 members (excludes halogenated alkanes) is 1. The van der Waals surface area contributed by atoms with Crippen LogP contribution in [0.15, 0.2) is 23.1 Å². The van der Waals surface area contributed by atoms with Crippen molar-refractivity contribution in [3.05, 3.63) is 23.1 Å². The van der Waals surface area contributed by atoms with Gasteiger partial charge in [-0.1, -0.05) is 25.5 Å². The lowest BCUT2D eigenvalue weighted by Gasteiger charge is -1.94. The van der Waals surface area contributed by atoms with E-state index in [9.17, 15) is 0 Å². The van der Waals surface area contributed by atoms with E-state index in [1.54, 1.807) is 5.41 Å². The Morgan fingerprint density at radius 3 is 2.70 bits per heavy atom. The maximum Gasteiger partial charge on any atom is 0.0175 e. The first kappa shape index (κ1) is 9.79. The average Bonchev–Trinajstić information content (AvgIpc) is 1.98. The lowest BCUT2D eigenvalue weighted by molar-refractivity contribution is 0.946. The minimum atomic E-state index is 0.608. The van der Waals surface area contributed by atoms with E-state index in [4.69, 9.17) is 5.73 Å². The van der Waals surface area contributed by atoms with Crippen LogP contribution in [0, 0.1) is 0 Å². The fourth-order valence-corrected chi connectivity index (χ4v) is 0.836. The molecule has 0 saturated heterocycles. The van der Waals surface area contributed by atoms with Crippen molar-refractivity contribution in [1.82, 2.24) is 0 Å². The van der Waals surface area contributed by atoms with Crippen LogP contribution < -0.4 is 5.73 Å². The zero-order valence-corrected chi connectivity index (χ0v) is 7.27. The third kappa shape index (κ3) is 4.65. The fraction of sp³-hybridized carbons (Fsp3) is 0.500. The number of rotatable bonds is 4. The summed E-state index contributed by atoms with van der Waals surface area (Å²) in [4.78, 5) is 0. The van der Waals surface area contributed by atoms with E-state index >= 15 is 0 Å². The molecular formula is C8H15NS. The Morgan fingerprint density at radius 1 is 1.60 bits per heavy atom. The molecule has 2 heteroatoms. The van der Waals surface area contributed by atoms with Gasteiger partial charge in [-0.25, -0.2) is 0 Å². The summed E-state index contributed by atoms with van der Waals surface area (Å²) in [6, 6.07) is 0. The smallest absolute Gasteiger partial charge is 0.0175 e. The fourth-order valence-electron chi connectivity index (χ4n) is 0.645. The van der Waals surface area contributed by atoms with E-state index in [2.05, 4.69) is 25.6 Å². The highest BCUT2D eigenvalue weighted by Crippen LogP contribution is 1.99. The van der Waals surface area contributed by atoms with Crippen LogP contribution in [0.3, 0.4) is 0 Å². The summed E-state index contributed by atoms with van der Waals surface area (Å²) in [7, 11) is 0. The maximum absolute atomic E-state index is 5.45. The number of nitrogens with two attached hydrogens (primary N) is 1. The average molecular weight is 157 g/mol. The minimum absolute atomic E-state index is 0.608. The molecule has 2 N–H and O–H groups in total. The van der Waals surface area contributed by atoms with E-state index in [1.807, 2.05) is 6.08 Å². The van der Waals surface area contributed by atoms with Gasteiger partial charge in [-0.15, -0.1) is 0 Å². The van der Waals surface area contributed by atoms with Gasteiger partial charge in [0, 0.05) is 6.54 Å². The predicted octanol–water partition coefficient (Wildman–Crippen LogP) is 2.12. The van der Waals surface area contributed by atoms with E-state index in [0.29, 0.717) is 6.54 Å². The third-order valence-corrected chi connectivity index (χ3v) is 1.37. The second-order valence-electron chi connectivity index (χ2n) is 2.09. The molecule has 0 aliphatic carbocycles. The molecule has 0 radical (unpaired) electrons. The zero-order chi connectivity index (χ0) is 7.82. The largest absolute Gasteiger partial charge is 0.327 e. The first-order valence-corrected chi connectivity index (χ1v) is 4.06. The van der Waals surface area contributed by atoms with Gasteiger partial charge >= 0.3 is 0 Å². The summed E-state index contributed by atoms with van der Waals surface area (Å²) in [6.07, 6.45) is 6.35. The second kappa shape index (κ2) is 6.90. The van der Waals surface area contributed by atoms with Crippen LogP contribution in [0.4, 0.5) is 0 Å². The first-order chi connectivity index (χ1) is 4.85. The van der Waals surface area contributed by atoms with E-state index in [-0.39, 0.29) is 0 Å². The number of hydrogen-bond donors (Lipinski definition) is 2. The van der Waals surface area contributed by atoms with E-state index in [0.717, 1.165) is 12.0 Å². The molecule has 0 aromatic rings. The molecule has 0 bridgehead atoms. The summed E-state index contributed by atoms with van der Waals surface area (Å²) in [5.41, 5.74) is 6.61. The van der Waals surface area contributed by atoms with Crippen LogP contribution >= 0.6 is 12.6 Å². The van der Waals surface area contributed by atoms with Gasteiger partial charge in [0.05, 0.1) is 0 Å². The van der Waals surface area contributed by atoms with Crippen LogP contribution in [-0.4, -0.2) is 6.54 Å². The van der Waals surface area contributed by atoms with Crippen LogP contribution in [0.5, 0.6) is 0 Å². The molecule has 0 aliphatic heterocycles. The highest BCUT2D eigenvalue weighted by atomic mass is 32.1. The highest BCUT2D eigenvalue weighted by molar-refractivity contribution is 7.83. The second-order valence-corrected chi connectivity index (χ2v) is 2.39. The van der Waals surface area contributed by atoms with Crippen molar-refractivity contribution in [3.63, 3.8) is 0 Å². The van der Waals surface area contributed by atoms with Crippen molar-refractivity contribution < 1.29 is 0 Å². The Labute approximate surface area is 68.4 Å². The van der Waals surface area contributed by atoms with Crippen molar-refractivity contribution in [2.24, 2.45) is 5.73 Å². The molecule has 0 amide bonds. The summed E-state index contributed by atoms with van der Waals surface area (Å²) in [6.45, 7) is 2.76. The molecule has 10 heavy (non-hydrogen) atoms. The molecular weight excluding hydrogens is 142 g/mol. The summed E-state index contributed by atoms with van der Waals surface area (Å²) in [5, 5.41) is 1.72. The summed E-state index contributed by atoms with van der Waals surface area (Å²) in [5.74, 6) is 0. The minimum Gasteiger partial charge on any atom is -0.327 e. The van der Waals surface area contributed by atoms with Crippen molar-refractivity contribution in [2.75, 3.05) is 6.54 Å². The maximum atomic E-state index is 5.45. The van der Waals surface area contributed by atoms with E-state index in [1.165, 1.54) is 6.42 Å². The monoisotopic (exact) mass is 157 g/mol. The first-order valence-electron chi connectivity index (χ1n) is 3.55. The van der Waals surface area contributed by atoms with E-state index < -0.39 is 0 Å². The van der Waals surface area contributed by atoms with Gasteiger partial charge in [0.15, 0.2) is 0 Å². The Morgan fingerprint density at radius 2 is 2.30 bits per heavy atom. The SMILES string of the molecule is CCC/C=C(/C=C\S)CN. The standard InChI is InChI=1S/C8H15NS/c1-2-3-4-8(7-9)5-6-10/h4-6,10H,2-3,7,9H2,1H3/b6-5-,8-4-. The molecule has 0 aromatic carbocycles. The van der Waals surface area contributed by atoms with Crippen LogP contribution in [0.1, 0.15) is 19.8 Å². The Bertz CT molecular complexity index is 127. The van der Waals surface area contributed by atoms with Gasteiger partial charge in [-0.05, 0) is 17.4 Å². The summed E-state index contributed by atoms with van der Waals surface area (Å²) < 4.78 is 0. The van der Waals surface area contributed by atoms with Crippen molar-refractivity contribution >= 4 is 12.6 Å². The molecule has 0 fully saturated rings. The van der Waals surface area contributed by atoms with Crippen molar-refractivity contribution in [1.29, 1.82) is 0 Å². The molecule has 0 aliphatic rings. The van der Waals surface area contributed by atoms with Crippen LogP contribution in [-0.2, 0) is 0 Å². The van der Waals surface area contributed by atoms with Gasteiger partial charge in [0.25, 0.3) is 0 Å². The highest BCUT2D eigenvalue weighted by Gasteiger charge is 1.84. The van der Waals surface area contributed by atoms with Gasteiger partial charge in [0.1, 0.15) is 0 Å². The molecule has 58 valence electrons. The molecule has 1 nitrogen and oxygen atoms in total. The molecule has 0 saturated carbocycles. The zero-order valence-electron chi connectivity index (χ0n) is 6.38. The Hall–Kier alpha value is -0.210. The predicted molar refractivity (Wildman–Crippen MR) is 50.2 cm³/mol. The normalized spacial score (nSPS) is 12.9. The quantitative estimate of drug-likeness (QED) is 0.474. The topological polar surface area (TPSA) is 26.0 Å². The van der Waals surface area contributed by atoms with Crippen molar-refractivity contribution in [2.45, 2.75) is 19.8 Å². The van der Waals surface area contributed by atoms with Gasteiger partial charge in [-0.3, -0.25) is 0 Å². The summed E-state index contributed by atoms with van der Waals surface area (Å²) >= 11 is 3.96. The number of hydrogen-bond acceptors (Lipinski definition) is 2. The number of allylic oxidation sites excluding steroid dienone is 1. The lowest BCUT2D eigenvalue weighted by atomic mass is 10.2. The molecule has 0 spiro atoms. The molecule has 0 unspecified atom stereocenters. The Balaban J connectivity index is 3.78. The third-order valence-electron chi connectivity index (χ3n) is 1.22. The van der Waals surface area contributed by atoms with Gasteiger partial charge in [-0.2, -0.15) is 12.6 Å².